The van der Waals surface area contributed by atoms with Crippen molar-refractivity contribution in [1.29, 1.82) is 0 Å². The van der Waals surface area contributed by atoms with Gasteiger partial charge in [-0.25, -0.2) is 9.48 Å². The van der Waals surface area contributed by atoms with Crippen LogP contribution in [0.1, 0.15) is 27.8 Å². The van der Waals surface area contributed by atoms with Crippen molar-refractivity contribution in [2.75, 3.05) is 6.61 Å². The zero-order chi connectivity index (χ0) is 14.7. The van der Waals surface area contributed by atoms with Crippen LogP contribution in [0.25, 0.3) is 5.69 Å². The summed E-state index contributed by atoms with van der Waals surface area (Å²) in [5.74, 6) is -2.11. The van der Waals surface area contributed by atoms with E-state index in [1.54, 1.807) is 6.92 Å². The number of benzene rings is 1. The van der Waals surface area contributed by atoms with E-state index in [1.165, 1.54) is 24.3 Å². The molecule has 0 aliphatic rings. The van der Waals surface area contributed by atoms with Crippen LogP contribution >= 0.6 is 0 Å². The molecule has 8 nitrogen and oxygen atoms in total. The predicted octanol–water partition coefficient (Wildman–Crippen LogP) is -3.38. The largest absolute Gasteiger partial charge is 1.00 e. The topological polar surface area (TPSA) is 123 Å². The van der Waals surface area contributed by atoms with Crippen LogP contribution in [-0.2, 0) is 4.74 Å². The molecule has 0 saturated heterocycles. The fraction of sp³-hybridized carbons (Fsp3) is 0.167. The molecule has 0 aliphatic carbocycles. The van der Waals surface area contributed by atoms with Crippen molar-refractivity contribution in [3.63, 3.8) is 0 Å². The van der Waals surface area contributed by atoms with Crippen molar-refractivity contribution < 1.29 is 49.0 Å². The number of carbonyl (C=O) groups is 2. The Morgan fingerprint density at radius 3 is 2.43 bits per heavy atom. The van der Waals surface area contributed by atoms with E-state index in [-0.39, 0.29) is 36.2 Å². The molecule has 1 aromatic heterocycles. The maximum absolute atomic E-state index is 11.8. The molecule has 1 heterocycles. The fourth-order valence-electron chi connectivity index (χ4n) is 1.55. The Morgan fingerprint density at radius 2 is 1.95 bits per heavy atom. The van der Waals surface area contributed by atoms with Crippen molar-refractivity contribution in [3.8, 4) is 11.6 Å². The average molecular weight is 298 g/mol. The van der Waals surface area contributed by atoms with Crippen LogP contribution in [0.5, 0.6) is 5.88 Å². The number of esters is 1. The van der Waals surface area contributed by atoms with Crippen LogP contribution in [0, 0.1) is 0 Å². The van der Waals surface area contributed by atoms with Crippen LogP contribution in [0.15, 0.2) is 24.3 Å². The number of hydrogen-bond donors (Lipinski definition) is 1. The maximum Gasteiger partial charge on any atom is 1.00 e. The van der Waals surface area contributed by atoms with Gasteiger partial charge in [0.2, 0.25) is 0 Å². The van der Waals surface area contributed by atoms with Gasteiger partial charge < -0.3 is 15.6 Å². The number of ether oxygens (including phenoxy) is 1. The van der Waals surface area contributed by atoms with Gasteiger partial charge in [-0.3, -0.25) is 4.79 Å². The third-order valence-electron chi connectivity index (χ3n) is 2.49. The SMILES string of the molecule is CCOC(=O)c1ccc(-n2nnc(C(N)=O)c2[O-])cc1.[Na+]. The average Bonchev–Trinajstić information content (AvgIpc) is 2.81. The molecule has 0 unspecified atom stereocenters. The molecule has 0 atom stereocenters. The molecule has 0 spiro atoms. The second-order valence-corrected chi connectivity index (χ2v) is 3.79. The van der Waals surface area contributed by atoms with Crippen LogP contribution in [0.4, 0.5) is 0 Å². The zero-order valence-electron chi connectivity index (χ0n) is 11.6. The minimum Gasteiger partial charge on any atom is -0.857 e. The Morgan fingerprint density at radius 1 is 1.33 bits per heavy atom. The number of amides is 1. The quantitative estimate of drug-likeness (QED) is 0.464. The van der Waals surface area contributed by atoms with Crippen LogP contribution in [-0.4, -0.2) is 33.5 Å². The molecule has 21 heavy (non-hydrogen) atoms. The number of aromatic nitrogens is 3. The first-order chi connectivity index (χ1) is 9.54. The number of nitrogens with two attached hydrogens (primary N) is 1. The molecule has 0 fully saturated rings. The van der Waals surface area contributed by atoms with Crippen LogP contribution < -0.4 is 40.4 Å². The summed E-state index contributed by atoms with van der Waals surface area (Å²) in [4.78, 5) is 22.4. The molecule has 2 N–H and O–H groups in total. The predicted molar refractivity (Wildman–Crippen MR) is 65.3 cm³/mol. The molecule has 1 amide bonds. The zero-order valence-corrected chi connectivity index (χ0v) is 13.6. The standard InChI is InChI=1S/C12H12N4O4.Na/c1-2-20-12(19)7-3-5-8(6-4-7)16-11(18)9(10(13)17)14-15-16;/h3-6,18H,2H2,1H3,(H2,13,17);/q;+1/p-1. The number of carbonyl (C=O) groups excluding carboxylic acids is 2. The van der Waals surface area contributed by atoms with Gasteiger partial charge in [0.25, 0.3) is 5.91 Å². The summed E-state index contributed by atoms with van der Waals surface area (Å²) in [6.07, 6.45) is 0. The molecule has 0 bridgehead atoms. The molecule has 2 aromatic rings. The summed E-state index contributed by atoms with van der Waals surface area (Å²) in [5.41, 5.74) is 5.27. The summed E-state index contributed by atoms with van der Waals surface area (Å²) >= 11 is 0. The van der Waals surface area contributed by atoms with Crippen molar-refractivity contribution in [2.24, 2.45) is 5.73 Å². The van der Waals surface area contributed by atoms with Crippen molar-refractivity contribution in [1.82, 2.24) is 15.0 Å². The van der Waals surface area contributed by atoms with Crippen molar-refractivity contribution >= 4 is 11.9 Å². The van der Waals surface area contributed by atoms with E-state index in [0.29, 0.717) is 11.3 Å². The minimum absolute atomic E-state index is 0. The van der Waals surface area contributed by atoms with E-state index in [0.717, 1.165) is 4.68 Å². The van der Waals surface area contributed by atoms with E-state index >= 15 is 0 Å². The summed E-state index contributed by atoms with van der Waals surface area (Å²) < 4.78 is 5.76. The first-order valence-electron chi connectivity index (χ1n) is 5.74. The summed E-state index contributed by atoms with van der Waals surface area (Å²) in [5, 5.41) is 18.7. The number of nitrogens with zero attached hydrogens (tertiary/aromatic N) is 3. The van der Waals surface area contributed by atoms with Crippen LogP contribution in [0.2, 0.25) is 0 Å². The Balaban J connectivity index is 0.00000220. The molecule has 0 saturated carbocycles. The summed E-state index contributed by atoms with van der Waals surface area (Å²) in [6.45, 7) is 1.98. The maximum atomic E-state index is 11.8. The van der Waals surface area contributed by atoms with Gasteiger partial charge in [0.15, 0.2) is 5.69 Å². The van der Waals surface area contributed by atoms with Gasteiger partial charge in [-0.05, 0) is 31.2 Å². The first-order valence-corrected chi connectivity index (χ1v) is 5.74. The van der Waals surface area contributed by atoms with Crippen molar-refractivity contribution in [2.45, 2.75) is 6.92 Å². The first kappa shape index (κ1) is 17.2. The van der Waals surface area contributed by atoms with E-state index in [4.69, 9.17) is 10.5 Å². The third-order valence-corrected chi connectivity index (χ3v) is 2.49. The van der Waals surface area contributed by atoms with E-state index < -0.39 is 23.5 Å². The van der Waals surface area contributed by atoms with Gasteiger partial charge in [0.1, 0.15) is 0 Å². The summed E-state index contributed by atoms with van der Waals surface area (Å²) in [7, 11) is 0. The second-order valence-electron chi connectivity index (χ2n) is 3.79. The molecular formula is C12H11N4NaO4. The Labute approximate surface area is 142 Å². The molecule has 0 radical (unpaired) electrons. The van der Waals surface area contributed by atoms with E-state index in [2.05, 4.69) is 10.3 Å². The Bertz CT molecular complexity index is 654. The van der Waals surface area contributed by atoms with Gasteiger partial charge in [0.05, 0.1) is 17.9 Å². The molecule has 1 aromatic carbocycles. The monoisotopic (exact) mass is 298 g/mol. The third kappa shape index (κ3) is 3.60. The van der Waals surface area contributed by atoms with Gasteiger partial charge in [-0.15, -0.1) is 5.10 Å². The summed E-state index contributed by atoms with van der Waals surface area (Å²) in [6, 6.07) is 5.96. The number of primary amides is 1. The second kappa shape index (κ2) is 7.21. The molecule has 104 valence electrons. The minimum atomic E-state index is -0.940. The van der Waals surface area contributed by atoms with Crippen molar-refractivity contribution in [3.05, 3.63) is 35.5 Å². The number of hydrogen-bond acceptors (Lipinski definition) is 6. The van der Waals surface area contributed by atoms with Gasteiger partial charge in [-0.1, -0.05) is 5.21 Å². The number of rotatable bonds is 4. The molecular weight excluding hydrogens is 287 g/mol. The smallest absolute Gasteiger partial charge is 0.857 e. The van der Waals surface area contributed by atoms with Gasteiger partial charge >= 0.3 is 35.5 Å². The fourth-order valence-corrected chi connectivity index (χ4v) is 1.55. The van der Waals surface area contributed by atoms with E-state index in [9.17, 15) is 14.7 Å². The van der Waals surface area contributed by atoms with Crippen LogP contribution in [0.3, 0.4) is 0 Å². The molecule has 2 rings (SSSR count). The van der Waals surface area contributed by atoms with E-state index in [1.807, 2.05) is 0 Å². The van der Waals surface area contributed by atoms with Gasteiger partial charge in [0, 0.05) is 5.88 Å². The normalized spacial score (nSPS) is 9.76. The molecule has 0 aliphatic heterocycles. The van der Waals surface area contributed by atoms with Gasteiger partial charge in [-0.2, -0.15) is 0 Å². The Hall–Kier alpha value is -1.90. The Kier molecular flexibility index (Phi) is 5.89. The molecule has 9 heteroatoms.